The lowest BCUT2D eigenvalue weighted by Crippen LogP contribution is -2.38. The van der Waals surface area contributed by atoms with Crippen molar-refractivity contribution in [3.63, 3.8) is 0 Å². The average Bonchev–Trinajstić information content (AvgIpc) is 2.36. The van der Waals surface area contributed by atoms with Crippen LogP contribution in [0.2, 0.25) is 0 Å². The van der Waals surface area contributed by atoms with E-state index in [1.54, 1.807) is 0 Å². The highest BCUT2D eigenvalue weighted by molar-refractivity contribution is 5.54. The van der Waals surface area contributed by atoms with Gasteiger partial charge in [-0.15, -0.1) is 0 Å². The molecule has 3 heteroatoms. The number of aliphatic hydroxyl groups is 1. The lowest BCUT2D eigenvalue weighted by atomic mass is 10.0. The van der Waals surface area contributed by atoms with Crippen molar-refractivity contribution in [1.82, 2.24) is 5.32 Å². The van der Waals surface area contributed by atoms with Gasteiger partial charge >= 0.3 is 0 Å². The molecule has 1 atom stereocenters. The van der Waals surface area contributed by atoms with E-state index >= 15 is 0 Å². The zero-order chi connectivity index (χ0) is 13.0. The van der Waals surface area contributed by atoms with Crippen molar-refractivity contribution in [2.75, 3.05) is 24.5 Å². The molecule has 2 rings (SSSR count). The van der Waals surface area contributed by atoms with Gasteiger partial charge in [0, 0.05) is 25.3 Å². The minimum Gasteiger partial charge on any atom is -0.391 e. The van der Waals surface area contributed by atoms with Crippen LogP contribution in [-0.2, 0) is 6.54 Å². The zero-order valence-electron chi connectivity index (χ0n) is 11.4. The number of benzene rings is 1. The second-order valence-corrected chi connectivity index (χ2v) is 5.14. The van der Waals surface area contributed by atoms with Crippen LogP contribution in [0.15, 0.2) is 18.2 Å². The molecule has 1 aliphatic rings. The smallest absolute Gasteiger partial charge is 0.0715 e. The molecule has 0 aromatic heterocycles. The number of β-amino-alcohol motifs (C(OH)–C–C–N with tert-alkyl or cyclic N) is 1. The van der Waals surface area contributed by atoms with Crippen LogP contribution in [0.4, 0.5) is 5.69 Å². The quantitative estimate of drug-likeness (QED) is 0.856. The molecule has 1 unspecified atom stereocenters. The SMILES string of the molecule is CCNCc1ccc(N2CCCC(O)C2)c(C)c1. The first-order chi connectivity index (χ1) is 8.70. The van der Waals surface area contributed by atoms with E-state index in [-0.39, 0.29) is 6.10 Å². The van der Waals surface area contributed by atoms with Crippen LogP contribution in [0, 0.1) is 6.92 Å². The van der Waals surface area contributed by atoms with Gasteiger partial charge in [0.05, 0.1) is 6.10 Å². The van der Waals surface area contributed by atoms with Crippen LogP contribution < -0.4 is 10.2 Å². The van der Waals surface area contributed by atoms with Crippen LogP contribution in [0.3, 0.4) is 0 Å². The molecular weight excluding hydrogens is 224 g/mol. The van der Waals surface area contributed by atoms with Gasteiger partial charge in [0.25, 0.3) is 0 Å². The molecule has 0 spiro atoms. The van der Waals surface area contributed by atoms with Crippen molar-refractivity contribution in [3.8, 4) is 0 Å². The van der Waals surface area contributed by atoms with E-state index in [2.05, 4.69) is 42.3 Å². The lowest BCUT2D eigenvalue weighted by Gasteiger charge is -2.33. The summed E-state index contributed by atoms with van der Waals surface area (Å²) in [7, 11) is 0. The summed E-state index contributed by atoms with van der Waals surface area (Å²) in [5, 5.41) is 13.1. The van der Waals surface area contributed by atoms with E-state index in [1.807, 2.05) is 0 Å². The van der Waals surface area contributed by atoms with E-state index < -0.39 is 0 Å². The van der Waals surface area contributed by atoms with E-state index in [1.165, 1.54) is 16.8 Å². The first-order valence-electron chi connectivity index (χ1n) is 6.94. The van der Waals surface area contributed by atoms with Crippen LogP contribution in [0.25, 0.3) is 0 Å². The van der Waals surface area contributed by atoms with Crippen molar-refractivity contribution in [2.24, 2.45) is 0 Å². The van der Waals surface area contributed by atoms with E-state index in [0.29, 0.717) is 0 Å². The van der Waals surface area contributed by atoms with Crippen LogP contribution in [0.1, 0.15) is 30.9 Å². The predicted octanol–water partition coefficient (Wildman–Crippen LogP) is 2.07. The number of hydrogen-bond donors (Lipinski definition) is 2. The maximum atomic E-state index is 9.75. The largest absolute Gasteiger partial charge is 0.391 e. The number of nitrogens with zero attached hydrogens (tertiary/aromatic N) is 1. The fraction of sp³-hybridized carbons (Fsp3) is 0.600. The number of aliphatic hydroxyl groups excluding tert-OH is 1. The Balaban J connectivity index is 2.08. The Bertz CT molecular complexity index is 392. The monoisotopic (exact) mass is 248 g/mol. The van der Waals surface area contributed by atoms with Gasteiger partial charge in [-0.3, -0.25) is 0 Å². The van der Waals surface area contributed by atoms with Gasteiger partial charge in [0.2, 0.25) is 0 Å². The highest BCUT2D eigenvalue weighted by atomic mass is 16.3. The van der Waals surface area contributed by atoms with Crippen LogP contribution in [-0.4, -0.2) is 30.8 Å². The predicted molar refractivity (Wildman–Crippen MR) is 76.0 cm³/mol. The van der Waals surface area contributed by atoms with Gasteiger partial charge in [0.1, 0.15) is 0 Å². The summed E-state index contributed by atoms with van der Waals surface area (Å²) in [4.78, 5) is 2.31. The molecule has 3 nitrogen and oxygen atoms in total. The highest BCUT2D eigenvalue weighted by Crippen LogP contribution is 2.24. The third kappa shape index (κ3) is 3.24. The standard InChI is InChI=1S/C15H24N2O/c1-3-16-10-13-6-7-15(12(2)9-13)17-8-4-5-14(18)11-17/h6-7,9,14,16,18H,3-5,8,10-11H2,1-2H3. The number of rotatable bonds is 4. The molecule has 0 bridgehead atoms. The Morgan fingerprint density at radius 2 is 2.28 bits per heavy atom. The molecule has 18 heavy (non-hydrogen) atoms. The topological polar surface area (TPSA) is 35.5 Å². The molecule has 1 saturated heterocycles. The Hall–Kier alpha value is -1.06. The van der Waals surface area contributed by atoms with Crippen molar-refractivity contribution in [3.05, 3.63) is 29.3 Å². The fourth-order valence-electron chi connectivity index (χ4n) is 2.63. The second kappa shape index (κ2) is 6.21. The zero-order valence-corrected chi connectivity index (χ0v) is 11.4. The Kier molecular flexibility index (Phi) is 4.61. The van der Waals surface area contributed by atoms with Crippen LogP contribution in [0.5, 0.6) is 0 Å². The molecule has 1 aromatic rings. The fourth-order valence-corrected chi connectivity index (χ4v) is 2.63. The van der Waals surface area contributed by atoms with Crippen LogP contribution >= 0.6 is 0 Å². The van der Waals surface area contributed by atoms with Gasteiger partial charge in [-0.1, -0.05) is 19.1 Å². The van der Waals surface area contributed by atoms with Crippen molar-refractivity contribution < 1.29 is 5.11 Å². The minimum absolute atomic E-state index is 0.167. The summed E-state index contributed by atoms with van der Waals surface area (Å²) in [6.07, 6.45) is 1.85. The molecule has 0 aliphatic carbocycles. The van der Waals surface area contributed by atoms with Gasteiger partial charge in [-0.05, 0) is 43.5 Å². The highest BCUT2D eigenvalue weighted by Gasteiger charge is 2.18. The molecule has 2 N–H and O–H groups in total. The molecule has 0 amide bonds. The Morgan fingerprint density at radius 1 is 1.44 bits per heavy atom. The summed E-state index contributed by atoms with van der Waals surface area (Å²) in [6, 6.07) is 6.63. The molecule has 0 saturated carbocycles. The van der Waals surface area contributed by atoms with Crippen molar-refractivity contribution in [2.45, 2.75) is 39.3 Å². The van der Waals surface area contributed by atoms with E-state index in [0.717, 1.165) is 39.0 Å². The lowest BCUT2D eigenvalue weighted by molar-refractivity contribution is 0.154. The van der Waals surface area contributed by atoms with Gasteiger partial charge in [0.15, 0.2) is 0 Å². The second-order valence-electron chi connectivity index (χ2n) is 5.14. The molecule has 1 aromatic carbocycles. The van der Waals surface area contributed by atoms with Crippen molar-refractivity contribution >= 4 is 5.69 Å². The summed E-state index contributed by atoms with van der Waals surface area (Å²) in [5.74, 6) is 0. The normalized spacial score (nSPS) is 20.2. The number of hydrogen-bond acceptors (Lipinski definition) is 3. The summed E-state index contributed by atoms with van der Waals surface area (Å²) in [6.45, 7) is 8.04. The maximum absolute atomic E-state index is 9.75. The third-order valence-electron chi connectivity index (χ3n) is 3.58. The first kappa shape index (κ1) is 13.4. The summed E-state index contributed by atoms with van der Waals surface area (Å²) >= 11 is 0. The summed E-state index contributed by atoms with van der Waals surface area (Å²) < 4.78 is 0. The molecule has 0 radical (unpaired) electrons. The molecule has 1 heterocycles. The average molecular weight is 248 g/mol. The Labute approximate surface area is 110 Å². The molecule has 1 aliphatic heterocycles. The van der Waals surface area contributed by atoms with Crippen molar-refractivity contribution in [1.29, 1.82) is 0 Å². The van der Waals surface area contributed by atoms with E-state index in [4.69, 9.17) is 0 Å². The summed E-state index contributed by atoms with van der Waals surface area (Å²) in [5.41, 5.74) is 3.91. The Morgan fingerprint density at radius 3 is 2.94 bits per heavy atom. The first-order valence-corrected chi connectivity index (χ1v) is 6.94. The number of piperidine rings is 1. The third-order valence-corrected chi connectivity index (χ3v) is 3.58. The molecule has 1 fully saturated rings. The van der Waals surface area contributed by atoms with Gasteiger partial charge in [-0.2, -0.15) is 0 Å². The number of nitrogens with one attached hydrogen (secondary N) is 1. The minimum atomic E-state index is -0.167. The molecular formula is C15H24N2O. The number of aryl methyl sites for hydroxylation is 1. The maximum Gasteiger partial charge on any atom is 0.0715 e. The molecule has 100 valence electrons. The number of anilines is 1. The van der Waals surface area contributed by atoms with E-state index in [9.17, 15) is 5.11 Å². The van der Waals surface area contributed by atoms with Gasteiger partial charge in [-0.25, -0.2) is 0 Å². The van der Waals surface area contributed by atoms with Gasteiger partial charge < -0.3 is 15.3 Å².